The fraction of sp³-hybridized carbons (Fsp3) is 0.875. The molecule has 0 aliphatic heterocycles. The second-order valence-electron chi connectivity index (χ2n) is 5.37. The molecule has 21 heavy (non-hydrogen) atoms. The minimum atomic E-state index is -1.84. The molecular formula is C16H28F2O3. The molecule has 2 atom stereocenters. The van der Waals surface area contributed by atoms with Crippen LogP contribution in [0.3, 0.4) is 0 Å². The number of rotatable bonds is 12. The van der Waals surface area contributed by atoms with Crippen LogP contribution in [0.2, 0.25) is 0 Å². The van der Waals surface area contributed by atoms with Gasteiger partial charge in [0.05, 0.1) is 0 Å². The lowest BCUT2D eigenvalue weighted by Gasteiger charge is -2.10. The van der Waals surface area contributed by atoms with Gasteiger partial charge < -0.3 is 4.74 Å². The Balaban J connectivity index is 3.87. The maximum absolute atomic E-state index is 13.5. The van der Waals surface area contributed by atoms with E-state index in [4.69, 9.17) is 0 Å². The number of halogens is 2. The molecule has 3 nitrogen and oxygen atoms in total. The molecule has 0 rings (SSSR count). The zero-order valence-electron chi connectivity index (χ0n) is 13.2. The number of hydrogen-bond acceptors (Lipinski definition) is 3. The summed E-state index contributed by atoms with van der Waals surface area (Å²) >= 11 is 0. The van der Waals surface area contributed by atoms with Gasteiger partial charge in [-0.15, -0.1) is 0 Å². The fourth-order valence-corrected chi connectivity index (χ4v) is 1.96. The van der Waals surface area contributed by atoms with Crippen molar-refractivity contribution in [3.8, 4) is 0 Å². The van der Waals surface area contributed by atoms with Crippen molar-refractivity contribution in [2.24, 2.45) is 0 Å². The molecule has 2 unspecified atom stereocenters. The molecule has 0 aromatic rings. The summed E-state index contributed by atoms with van der Waals surface area (Å²) in [6, 6.07) is 0. The average molecular weight is 306 g/mol. The summed E-state index contributed by atoms with van der Waals surface area (Å²) in [4.78, 5) is 22.6. The molecule has 0 fully saturated rings. The van der Waals surface area contributed by atoms with Crippen LogP contribution >= 0.6 is 0 Å². The van der Waals surface area contributed by atoms with Crippen molar-refractivity contribution >= 4 is 11.9 Å². The monoisotopic (exact) mass is 306 g/mol. The maximum Gasteiger partial charge on any atom is 0.348 e. The Hall–Kier alpha value is -1.00. The van der Waals surface area contributed by atoms with Crippen LogP contribution in [-0.2, 0) is 14.3 Å². The molecule has 0 amide bonds. The Morgan fingerprint density at radius 2 is 1.14 bits per heavy atom. The second-order valence-corrected chi connectivity index (χ2v) is 5.37. The highest BCUT2D eigenvalue weighted by Gasteiger charge is 2.26. The molecule has 0 spiro atoms. The van der Waals surface area contributed by atoms with E-state index in [1.54, 1.807) is 0 Å². The van der Waals surface area contributed by atoms with Crippen molar-refractivity contribution in [2.45, 2.75) is 90.4 Å². The van der Waals surface area contributed by atoms with Crippen molar-refractivity contribution in [1.82, 2.24) is 0 Å². The van der Waals surface area contributed by atoms with Crippen LogP contribution < -0.4 is 0 Å². The smallest absolute Gasteiger partial charge is 0.348 e. The van der Waals surface area contributed by atoms with Crippen molar-refractivity contribution in [2.75, 3.05) is 0 Å². The normalized spacial score (nSPS) is 13.7. The van der Waals surface area contributed by atoms with Gasteiger partial charge in [0.1, 0.15) is 0 Å². The molecular weight excluding hydrogens is 278 g/mol. The van der Waals surface area contributed by atoms with Gasteiger partial charge in [0.25, 0.3) is 0 Å². The largest absolute Gasteiger partial charge is 0.389 e. The number of unbranched alkanes of at least 4 members (excludes halogenated alkanes) is 6. The molecule has 124 valence electrons. The number of alkyl halides is 2. The third-order valence-electron chi connectivity index (χ3n) is 3.33. The van der Waals surface area contributed by atoms with Gasteiger partial charge in [-0.05, 0) is 25.7 Å². The summed E-state index contributed by atoms with van der Waals surface area (Å²) in [6.07, 6.45) is 3.17. The summed E-state index contributed by atoms with van der Waals surface area (Å²) < 4.78 is 31.2. The first-order valence-electron chi connectivity index (χ1n) is 8.06. The van der Waals surface area contributed by atoms with Crippen molar-refractivity contribution < 1.29 is 23.1 Å². The van der Waals surface area contributed by atoms with E-state index < -0.39 is 24.3 Å². The quantitative estimate of drug-likeness (QED) is 0.299. The first-order chi connectivity index (χ1) is 10.0. The minimum Gasteiger partial charge on any atom is -0.389 e. The molecule has 5 heteroatoms. The van der Waals surface area contributed by atoms with E-state index in [0.29, 0.717) is 12.8 Å². The Labute approximate surface area is 126 Å². The number of esters is 2. The molecule has 0 aliphatic rings. The van der Waals surface area contributed by atoms with Crippen molar-refractivity contribution in [3.05, 3.63) is 0 Å². The summed E-state index contributed by atoms with van der Waals surface area (Å²) in [5.41, 5.74) is 0. The van der Waals surface area contributed by atoms with Crippen LogP contribution in [0.15, 0.2) is 0 Å². The van der Waals surface area contributed by atoms with Gasteiger partial charge in [-0.1, -0.05) is 52.4 Å². The molecule has 0 aromatic carbocycles. The van der Waals surface area contributed by atoms with Crippen LogP contribution in [0.5, 0.6) is 0 Å². The fourth-order valence-electron chi connectivity index (χ4n) is 1.96. The topological polar surface area (TPSA) is 43.4 Å². The number of carbonyl (C=O) groups is 2. The summed E-state index contributed by atoms with van der Waals surface area (Å²) in [6.45, 7) is 4.06. The van der Waals surface area contributed by atoms with Gasteiger partial charge in [0.2, 0.25) is 0 Å². The molecule has 0 heterocycles. The lowest BCUT2D eigenvalue weighted by Crippen LogP contribution is -2.27. The number of carbonyl (C=O) groups excluding carboxylic acids is 2. The molecule has 0 bridgehead atoms. The van der Waals surface area contributed by atoms with Crippen LogP contribution in [0.1, 0.15) is 78.1 Å². The molecule has 0 aliphatic carbocycles. The van der Waals surface area contributed by atoms with Crippen LogP contribution in [-0.4, -0.2) is 24.3 Å². The van der Waals surface area contributed by atoms with Gasteiger partial charge in [0.15, 0.2) is 12.3 Å². The Bertz CT molecular complexity index is 267. The first-order valence-corrected chi connectivity index (χ1v) is 8.06. The second kappa shape index (κ2) is 12.7. The summed E-state index contributed by atoms with van der Waals surface area (Å²) in [5, 5.41) is 0. The number of ether oxygens (including phenoxy) is 1. The van der Waals surface area contributed by atoms with E-state index in [2.05, 4.69) is 4.74 Å². The highest BCUT2D eigenvalue weighted by atomic mass is 19.1. The number of hydrogen-bond donors (Lipinski definition) is 0. The molecule has 0 N–H and O–H groups in total. The van der Waals surface area contributed by atoms with E-state index in [1.165, 1.54) is 0 Å². The molecule has 0 saturated heterocycles. The first kappa shape index (κ1) is 20.0. The van der Waals surface area contributed by atoms with E-state index in [0.717, 1.165) is 38.5 Å². The average Bonchev–Trinajstić information content (AvgIpc) is 2.47. The van der Waals surface area contributed by atoms with Gasteiger partial charge in [-0.3, -0.25) is 0 Å². The van der Waals surface area contributed by atoms with Gasteiger partial charge in [0, 0.05) is 0 Å². The maximum atomic E-state index is 13.5. The minimum absolute atomic E-state index is 0.0273. The standard InChI is InChI=1S/C16H28F2O3/c1-3-5-7-9-11-13(17)15(19)21-16(20)14(18)12-10-8-6-4-2/h13-14H,3-12H2,1-2H3. The Kier molecular flexibility index (Phi) is 12.1. The summed E-state index contributed by atoms with van der Waals surface area (Å²) in [7, 11) is 0. The van der Waals surface area contributed by atoms with E-state index in [1.807, 2.05) is 13.8 Å². The van der Waals surface area contributed by atoms with E-state index >= 15 is 0 Å². The third-order valence-corrected chi connectivity index (χ3v) is 3.33. The van der Waals surface area contributed by atoms with E-state index in [9.17, 15) is 18.4 Å². The predicted molar refractivity (Wildman–Crippen MR) is 78.4 cm³/mol. The van der Waals surface area contributed by atoms with Crippen molar-refractivity contribution in [1.29, 1.82) is 0 Å². The van der Waals surface area contributed by atoms with Crippen LogP contribution in [0, 0.1) is 0 Å². The lowest BCUT2D eigenvalue weighted by molar-refractivity contribution is -0.167. The molecule has 0 saturated carbocycles. The summed E-state index contributed by atoms with van der Waals surface area (Å²) in [5.74, 6) is -2.51. The van der Waals surface area contributed by atoms with Gasteiger partial charge >= 0.3 is 11.9 Å². The zero-order valence-corrected chi connectivity index (χ0v) is 13.2. The van der Waals surface area contributed by atoms with Crippen molar-refractivity contribution in [3.63, 3.8) is 0 Å². The molecule has 0 radical (unpaired) electrons. The Morgan fingerprint density at radius 1 is 0.762 bits per heavy atom. The van der Waals surface area contributed by atoms with Crippen LogP contribution in [0.25, 0.3) is 0 Å². The Morgan fingerprint density at radius 3 is 1.48 bits per heavy atom. The molecule has 0 aromatic heterocycles. The highest BCUT2D eigenvalue weighted by molar-refractivity contribution is 5.89. The van der Waals surface area contributed by atoms with Gasteiger partial charge in [-0.25, -0.2) is 18.4 Å². The third kappa shape index (κ3) is 10.4. The predicted octanol–water partition coefficient (Wildman–Crippen LogP) is 4.67. The zero-order chi connectivity index (χ0) is 16.1. The SMILES string of the molecule is CCCCCCC(F)C(=O)OC(=O)C(F)CCCCCC. The van der Waals surface area contributed by atoms with Gasteiger partial charge in [-0.2, -0.15) is 0 Å². The highest BCUT2D eigenvalue weighted by Crippen LogP contribution is 2.13. The lowest BCUT2D eigenvalue weighted by atomic mass is 10.1. The van der Waals surface area contributed by atoms with Crippen LogP contribution in [0.4, 0.5) is 8.78 Å². The van der Waals surface area contributed by atoms with E-state index in [-0.39, 0.29) is 12.8 Å².